The highest BCUT2D eigenvalue weighted by molar-refractivity contribution is 7.80. The topological polar surface area (TPSA) is 55.4 Å². The zero-order valence-corrected chi connectivity index (χ0v) is 13.6. The van der Waals surface area contributed by atoms with Crippen LogP contribution in [0.5, 0.6) is 0 Å². The summed E-state index contributed by atoms with van der Waals surface area (Å²) >= 11 is -1.39. The Morgan fingerprint density at radius 3 is 2.74 bits per heavy atom. The van der Waals surface area contributed by atoms with Gasteiger partial charge in [0.25, 0.3) is 0 Å². The molecule has 0 saturated carbocycles. The zero-order valence-electron chi connectivity index (χ0n) is 12.8. The van der Waals surface area contributed by atoms with Gasteiger partial charge in [-0.3, -0.25) is 8.98 Å². The van der Waals surface area contributed by atoms with Crippen LogP contribution in [0.15, 0.2) is 53.4 Å². The van der Waals surface area contributed by atoms with Crippen molar-refractivity contribution in [2.24, 2.45) is 0 Å². The lowest BCUT2D eigenvalue weighted by Gasteiger charge is -2.07. The van der Waals surface area contributed by atoms with E-state index in [1.165, 1.54) is 5.56 Å². The molecule has 120 valence electrons. The Morgan fingerprint density at radius 1 is 1.09 bits per heavy atom. The molecule has 2 aromatic rings. The van der Waals surface area contributed by atoms with Gasteiger partial charge in [0.15, 0.2) is 11.1 Å². The number of rotatable bonds is 6. The van der Waals surface area contributed by atoms with Crippen LogP contribution in [0.1, 0.15) is 23.1 Å². The lowest BCUT2D eigenvalue weighted by atomic mass is 10.1. The third kappa shape index (κ3) is 4.06. The Balaban J connectivity index is 1.48. The lowest BCUT2D eigenvalue weighted by Crippen LogP contribution is -2.26. The highest BCUT2D eigenvalue weighted by Gasteiger charge is 2.22. The predicted molar refractivity (Wildman–Crippen MR) is 89.1 cm³/mol. The minimum atomic E-state index is -1.39. The maximum atomic E-state index is 12.0. The predicted octanol–water partition coefficient (Wildman–Crippen LogP) is 2.53. The first-order chi connectivity index (χ1) is 11.2. The van der Waals surface area contributed by atoms with E-state index in [-0.39, 0.29) is 5.91 Å². The first kappa shape index (κ1) is 15.9. The number of benzene rings is 2. The third-order valence-corrected chi connectivity index (χ3v) is 5.06. The maximum absolute atomic E-state index is 12.0. The van der Waals surface area contributed by atoms with Gasteiger partial charge >= 0.3 is 0 Å². The molecule has 0 aliphatic carbocycles. The molecule has 4 nitrogen and oxygen atoms in total. The van der Waals surface area contributed by atoms with Crippen molar-refractivity contribution in [2.45, 2.75) is 30.8 Å². The highest BCUT2D eigenvalue weighted by atomic mass is 32.2. The van der Waals surface area contributed by atoms with Crippen molar-refractivity contribution in [3.63, 3.8) is 0 Å². The summed E-state index contributed by atoms with van der Waals surface area (Å²) in [5.74, 6) is 0.0169. The summed E-state index contributed by atoms with van der Waals surface area (Å²) in [7, 11) is 0. The van der Waals surface area contributed by atoms with Crippen LogP contribution in [0.4, 0.5) is 0 Å². The van der Waals surface area contributed by atoms with Gasteiger partial charge < -0.3 is 5.32 Å². The van der Waals surface area contributed by atoms with E-state index in [4.69, 9.17) is 4.18 Å². The van der Waals surface area contributed by atoms with Crippen LogP contribution in [0, 0.1) is 0 Å². The second-order valence-corrected chi connectivity index (χ2v) is 6.60. The molecule has 1 atom stereocenters. The lowest BCUT2D eigenvalue weighted by molar-refractivity contribution is -0.121. The maximum Gasteiger partial charge on any atom is 0.220 e. The second kappa shape index (κ2) is 7.53. The average Bonchev–Trinajstić information content (AvgIpc) is 2.96. The van der Waals surface area contributed by atoms with Crippen LogP contribution in [0.3, 0.4) is 0 Å². The van der Waals surface area contributed by atoms with Gasteiger partial charge in [0.05, 0.1) is 11.5 Å². The molecule has 0 spiro atoms. The van der Waals surface area contributed by atoms with Crippen molar-refractivity contribution in [1.82, 2.24) is 5.32 Å². The van der Waals surface area contributed by atoms with E-state index in [0.29, 0.717) is 26.0 Å². The minimum absolute atomic E-state index is 0.0169. The number of hydrogen-bond donors (Lipinski definition) is 1. The van der Waals surface area contributed by atoms with Crippen LogP contribution in [0.25, 0.3) is 0 Å². The van der Waals surface area contributed by atoms with E-state index in [1.807, 2.05) is 36.4 Å². The van der Waals surface area contributed by atoms with Crippen molar-refractivity contribution in [1.29, 1.82) is 0 Å². The quantitative estimate of drug-likeness (QED) is 0.886. The smallest absolute Gasteiger partial charge is 0.220 e. The Hall–Kier alpha value is -1.98. The molecule has 1 heterocycles. The molecule has 2 aromatic carbocycles. The zero-order chi connectivity index (χ0) is 16.1. The molecule has 23 heavy (non-hydrogen) atoms. The van der Waals surface area contributed by atoms with E-state index >= 15 is 0 Å². The molecular weight excluding hydrogens is 310 g/mol. The highest BCUT2D eigenvalue weighted by Crippen LogP contribution is 2.28. The van der Waals surface area contributed by atoms with Crippen molar-refractivity contribution in [2.75, 3.05) is 6.54 Å². The molecule has 0 bridgehead atoms. The van der Waals surface area contributed by atoms with Gasteiger partial charge in [0.2, 0.25) is 5.91 Å². The molecule has 0 aromatic heterocycles. The van der Waals surface area contributed by atoms with Crippen LogP contribution < -0.4 is 5.32 Å². The average molecular weight is 329 g/mol. The van der Waals surface area contributed by atoms with E-state index in [1.54, 1.807) is 0 Å². The first-order valence-corrected chi connectivity index (χ1v) is 8.78. The summed E-state index contributed by atoms with van der Waals surface area (Å²) in [5, 5.41) is 2.93. The summed E-state index contributed by atoms with van der Waals surface area (Å²) in [6, 6.07) is 15.8. The fourth-order valence-corrected chi connectivity index (χ4v) is 3.74. The molecule has 1 unspecified atom stereocenters. The molecule has 1 amide bonds. The molecule has 1 N–H and O–H groups in total. The molecule has 0 radical (unpaired) electrons. The molecule has 0 saturated heterocycles. The fraction of sp³-hybridized carbons (Fsp3) is 0.278. The van der Waals surface area contributed by atoms with Crippen LogP contribution in [-0.2, 0) is 39.5 Å². The van der Waals surface area contributed by atoms with Crippen molar-refractivity contribution >= 4 is 17.0 Å². The number of aryl methyl sites for hydroxylation is 1. The SMILES string of the molecule is O=C(CCc1cccc2c1S(=O)OC2)NCCc1ccccc1. The summed E-state index contributed by atoms with van der Waals surface area (Å²) in [6.07, 6.45) is 1.79. The standard InChI is InChI=1S/C18H19NO3S/c20-17(19-12-11-14-5-2-1-3-6-14)10-9-15-7-4-8-16-13-22-23(21)18(15)16/h1-8H,9-13H2,(H,19,20). The Morgan fingerprint density at radius 2 is 1.91 bits per heavy atom. The van der Waals surface area contributed by atoms with Crippen molar-refractivity contribution in [3.05, 3.63) is 65.2 Å². The van der Waals surface area contributed by atoms with Crippen LogP contribution in [0.2, 0.25) is 0 Å². The summed E-state index contributed by atoms with van der Waals surface area (Å²) in [4.78, 5) is 12.7. The van der Waals surface area contributed by atoms with Crippen LogP contribution in [-0.4, -0.2) is 16.7 Å². The number of carbonyl (C=O) groups is 1. The summed E-state index contributed by atoms with van der Waals surface area (Å²) < 4.78 is 17.0. The third-order valence-electron chi connectivity index (χ3n) is 3.87. The molecule has 3 rings (SSSR count). The summed E-state index contributed by atoms with van der Waals surface area (Å²) in [6.45, 7) is 1.02. The van der Waals surface area contributed by atoms with E-state index in [9.17, 15) is 9.00 Å². The monoisotopic (exact) mass is 329 g/mol. The molecule has 1 aliphatic rings. The fourth-order valence-electron chi connectivity index (χ4n) is 2.67. The van der Waals surface area contributed by atoms with Crippen molar-refractivity contribution in [3.8, 4) is 0 Å². The number of hydrogen-bond acceptors (Lipinski definition) is 3. The van der Waals surface area contributed by atoms with E-state index in [2.05, 4.69) is 17.4 Å². The largest absolute Gasteiger partial charge is 0.356 e. The van der Waals surface area contributed by atoms with Gasteiger partial charge in [0.1, 0.15) is 0 Å². The van der Waals surface area contributed by atoms with Gasteiger partial charge in [-0.05, 0) is 29.5 Å². The second-order valence-electron chi connectivity index (χ2n) is 5.49. The van der Waals surface area contributed by atoms with E-state index in [0.717, 1.165) is 22.4 Å². The number of amides is 1. The van der Waals surface area contributed by atoms with Crippen molar-refractivity contribution < 1.29 is 13.2 Å². The molecular formula is C18H19NO3S. The van der Waals surface area contributed by atoms with Gasteiger partial charge in [-0.2, -0.15) is 0 Å². The van der Waals surface area contributed by atoms with Gasteiger partial charge in [-0.15, -0.1) is 0 Å². The van der Waals surface area contributed by atoms with Gasteiger partial charge in [0, 0.05) is 13.0 Å². The van der Waals surface area contributed by atoms with Gasteiger partial charge in [-0.25, -0.2) is 4.21 Å². The van der Waals surface area contributed by atoms with Crippen LogP contribution >= 0.6 is 0 Å². The Labute approximate surface area is 138 Å². The minimum Gasteiger partial charge on any atom is -0.356 e. The number of nitrogens with one attached hydrogen (secondary N) is 1. The molecule has 0 fully saturated rings. The normalized spacial score (nSPS) is 16.1. The first-order valence-electron chi connectivity index (χ1n) is 7.70. The molecule has 1 aliphatic heterocycles. The molecule has 5 heteroatoms. The van der Waals surface area contributed by atoms with E-state index < -0.39 is 11.1 Å². The number of fused-ring (bicyclic) bond motifs is 1. The Kier molecular flexibility index (Phi) is 5.20. The Bertz CT molecular complexity index is 715. The summed E-state index contributed by atoms with van der Waals surface area (Å²) in [5.41, 5.74) is 3.11. The number of carbonyl (C=O) groups excluding carboxylic acids is 1. The van der Waals surface area contributed by atoms with Gasteiger partial charge in [-0.1, -0.05) is 48.5 Å².